The quantitative estimate of drug-likeness (QED) is 0.805. The van der Waals surface area contributed by atoms with Crippen LogP contribution in [0, 0.1) is 0 Å². The van der Waals surface area contributed by atoms with Crippen molar-refractivity contribution in [2.24, 2.45) is 0 Å². The number of ether oxygens (including phenoxy) is 1. The number of amides is 4. The molecular formula is C19H25N3O4. The predicted molar refractivity (Wildman–Crippen MR) is 95.9 cm³/mol. The van der Waals surface area contributed by atoms with Crippen molar-refractivity contribution in [1.29, 1.82) is 0 Å². The van der Waals surface area contributed by atoms with Gasteiger partial charge in [0.25, 0.3) is 5.91 Å². The maximum atomic E-state index is 12.7. The molecule has 0 unspecified atom stereocenters. The Hall–Kier alpha value is -2.57. The van der Waals surface area contributed by atoms with Gasteiger partial charge in [-0.05, 0) is 42.5 Å². The second kappa shape index (κ2) is 7.76. The van der Waals surface area contributed by atoms with Crippen LogP contribution in [0.15, 0.2) is 18.2 Å². The molecule has 0 radical (unpaired) electrons. The second-order valence-electron chi connectivity index (χ2n) is 6.71. The zero-order chi connectivity index (χ0) is 18.7. The lowest BCUT2D eigenvalue weighted by Crippen LogP contribution is -2.40. The van der Waals surface area contributed by atoms with Gasteiger partial charge in [-0.1, -0.05) is 13.0 Å². The van der Waals surface area contributed by atoms with Crippen molar-refractivity contribution in [3.05, 3.63) is 29.3 Å². The SMILES string of the molecule is CCCN1C(=O)N[C@H](CC(=O)N2CCc3ccc(OC)cc3CC2)C1=O. The largest absolute Gasteiger partial charge is 0.497 e. The van der Waals surface area contributed by atoms with Crippen LogP contribution < -0.4 is 10.1 Å². The molecule has 1 atom stereocenters. The van der Waals surface area contributed by atoms with Crippen LogP contribution >= 0.6 is 0 Å². The number of rotatable bonds is 5. The van der Waals surface area contributed by atoms with Crippen molar-refractivity contribution < 1.29 is 19.1 Å². The fraction of sp³-hybridized carbons (Fsp3) is 0.526. The second-order valence-corrected chi connectivity index (χ2v) is 6.71. The van der Waals surface area contributed by atoms with E-state index in [4.69, 9.17) is 4.74 Å². The lowest BCUT2D eigenvalue weighted by atomic mass is 10.0. The van der Waals surface area contributed by atoms with Gasteiger partial charge in [0, 0.05) is 19.6 Å². The summed E-state index contributed by atoms with van der Waals surface area (Å²) in [5.74, 6) is 0.425. The number of imide groups is 1. The number of carbonyl (C=O) groups excluding carboxylic acids is 3. The van der Waals surface area contributed by atoms with E-state index in [9.17, 15) is 14.4 Å². The minimum absolute atomic E-state index is 0.0183. The molecule has 0 spiro atoms. The Morgan fingerprint density at radius 1 is 1.23 bits per heavy atom. The minimum Gasteiger partial charge on any atom is -0.497 e. The number of urea groups is 1. The molecule has 1 N–H and O–H groups in total. The Labute approximate surface area is 153 Å². The van der Waals surface area contributed by atoms with Crippen LogP contribution in [-0.4, -0.2) is 60.4 Å². The van der Waals surface area contributed by atoms with Gasteiger partial charge in [0.2, 0.25) is 5.91 Å². The van der Waals surface area contributed by atoms with Gasteiger partial charge >= 0.3 is 6.03 Å². The molecule has 1 fully saturated rings. The molecule has 4 amide bonds. The summed E-state index contributed by atoms with van der Waals surface area (Å²) in [4.78, 5) is 39.8. The number of hydrogen-bond acceptors (Lipinski definition) is 4. The Morgan fingerprint density at radius 3 is 2.65 bits per heavy atom. The van der Waals surface area contributed by atoms with Crippen molar-refractivity contribution >= 4 is 17.8 Å². The van der Waals surface area contributed by atoms with Crippen LogP contribution in [0.5, 0.6) is 5.75 Å². The van der Waals surface area contributed by atoms with Crippen molar-refractivity contribution in [1.82, 2.24) is 15.1 Å². The van der Waals surface area contributed by atoms with Gasteiger partial charge in [-0.25, -0.2) is 4.79 Å². The van der Waals surface area contributed by atoms with E-state index in [1.54, 1.807) is 12.0 Å². The number of nitrogens with zero attached hydrogens (tertiary/aromatic N) is 2. The normalized spacial score (nSPS) is 19.8. The molecule has 2 heterocycles. The first-order valence-electron chi connectivity index (χ1n) is 9.09. The highest BCUT2D eigenvalue weighted by Gasteiger charge is 2.39. The molecule has 7 nitrogen and oxygen atoms in total. The summed E-state index contributed by atoms with van der Waals surface area (Å²) in [5, 5.41) is 2.63. The van der Waals surface area contributed by atoms with Gasteiger partial charge in [-0.3, -0.25) is 14.5 Å². The van der Waals surface area contributed by atoms with Crippen molar-refractivity contribution in [3.63, 3.8) is 0 Å². The van der Waals surface area contributed by atoms with Gasteiger partial charge in [0.1, 0.15) is 11.8 Å². The summed E-state index contributed by atoms with van der Waals surface area (Å²) in [7, 11) is 1.64. The van der Waals surface area contributed by atoms with Crippen LogP contribution in [0.1, 0.15) is 30.9 Å². The lowest BCUT2D eigenvalue weighted by molar-refractivity contribution is -0.135. The highest BCUT2D eigenvalue weighted by atomic mass is 16.5. The molecule has 0 aliphatic carbocycles. The third-order valence-corrected chi connectivity index (χ3v) is 5.00. The molecule has 26 heavy (non-hydrogen) atoms. The Morgan fingerprint density at radius 2 is 1.96 bits per heavy atom. The molecule has 1 saturated heterocycles. The van der Waals surface area contributed by atoms with Gasteiger partial charge in [0.05, 0.1) is 13.5 Å². The van der Waals surface area contributed by atoms with E-state index < -0.39 is 12.1 Å². The number of carbonyl (C=O) groups is 3. The molecule has 0 aromatic heterocycles. The van der Waals surface area contributed by atoms with Crippen LogP contribution in [0.2, 0.25) is 0 Å². The maximum absolute atomic E-state index is 12.7. The standard InChI is InChI=1S/C19H25N3O4/c1-3-8-22-18(24)16(20-19(22)25)12-17(23)21-9-6-13-4-5-15(26-2)11-14(13)7-10-21/h4-5,11,16H,3,6-10,12H2,1-2H3,(H,20,25)/t16-/m1/s1. The Balaban J connectivity index is 1.61. The topological polar surface area (TPSA) is 79.0 Å². The van der Waals surface area contributed by atoms with E-state index in [1.165, 1.54) is 16.0 Å². The highest BCUT2D eigenvalue weighted by molar-refractivity contribution is 6.05. The zero-order valence-electron chi connectivity index (χ0n) is 15.3. The molecule has 1 aromatic rings. The number of methoxy groups -OCH3 is 1. The third kappa shape index (κ3) is 3.66. The summed E-state index contributed by atoms with van der Waals surface area (Å²) < 4.78 is 5.27. The minimum atomic E-state index is -0.743. The average Bonchev–Trinajstić information content (AvgIpc) is 2.81. The highest BCUT2D eigenvalue weighted by Crippen LogP contribution is 2.22. The number of hydrogen-bond donors (Lipinski definition) is 1. The maximum Gasteiger partial charge on any atom is 0.324 e. The Bertz CT molecular complexity index is 719. The number of nitrogens with one attached hydrogen (secondary N) is 1. The molecule has 3 rings (SSSR count). The molecule has 140 valence electrons. The van der Waals surface area contributed by atoms with E-state index in [-0.39, 0.29) is 18.2 Å². The monoisotopic (exact) mass is 359 g/mol. The first-order valence-corrected chi connectivity index (χ1v) is 9.09. The number of fused-ring (bicyclic) bond motifs is 1. The average molecular weight is 359 g/mol. The third-order valence-electron chi connectivity index (χ3n) is 5.00. The zero-order valence-corrected chi connectivity index (χ0v) is 15.3. The lowest BCUT2D eigenvalue weighted by Gasteiger charge is -2.21. The molecule has 0 saturated carbocycles. The van der Waals surface area contributed by atoms with Crippen LogP contribution in [0.4, 0.5) is 4.79 Å². The van der Waals surface area contributed by atoms with Crippen LogP contribution in [0.3, 0.4) is 0 Å². The van der Waals surface area contributed by atoms with Gasteiger partial charge in [0.15, 0.2) is 0 Å². The summed E-state index contributed by atoms with van der Waals surface area (Å²) in [6.07, 6.45) is 2.25. The van der Waals surface area contributed by atoms with E-state index >= 15 is 0 Å². The molecule has 0 bridgehead atoms. The molecule has 2 aliphatic rings. The summed E-state index contributed by atoms with van der Waals surface area (Å²) in [6, 6.07) is 4.86. The van der Waals surface area contributed by atoms with Crippen molar-refractivity contribution in [2.45, 2.75) is 38.6 Å². The molecule has 2 aliphatic heterocycles. The van der Waals surface area contributed by atoms with E-state index in [1.807, 2.05) is 25.1 Å². The predicted octanol–water partition coefficient (Wildman–Crippen LogP) is 1.34. The smallest absolute Gasteiger partial charge is 0.324 e. The summed E-state index contributed by atoms with van der Waals surface area (Å²) in [5.41, 5.74) is 2.42. The van der Waals surface area contributed by atoms with Gasteiger partial charge in [-0.2, -0.15) is 0 Å². The van der Waals surface area contributed by atoms with Crippen LogP contribution in [0.25, 0.3) is 0 Å². The fourth-order valence-electron chi connectivity index (χ4n) is 3.53. The first-order chi connectivity index (χ1) is 12.5. The summed E-state index contributed by atoms with van der Waals surface area (Å²) in [6.45, 7) is 3.51. The molecular weight excluding hydrogens is 334 g/mol. The fourth-order valence-corrected chi connectivity index (χ4v) is 3.53. The van der Waals surface area contributed by atoms with Gasteiger partial charge in [-0.15, -0.1) is 0 Å². The first kappa shape index (κ1) is 18.2. The molecule has 7 heteroatoms. The van der Waals surface area contributed by atoms with Gasteiger partial charge < -0.3 is 15.0 Å². The van der Waals surface area contributed by atoms with E-state index in [0.717, 1.165) is 18.6 Å². The molecule has 1 aromatic carbocycles. The van der Waals surface area contributed by atoms with Crippen LogP contribution in [-0.2, 0) is 22.4 Å². The van der Waals surface area contributed by atoms with E-state index in [0.29, 0.717) is 26.1 Å². The van der Waals surface area contributed by atoms with Crippen molar-refractivity contribution in [3.8, 4) is 5.75 Å². The number of benzene rings is 1. The Kier molecular flexibility index (Phi) is 5.44. The van der Waals surface area contributed by atoms with Crippen molar-refractivity contribution in [2.75, 3.05) is 26.7 Å². The van der Waals surface area contributed by atoms with E-state index in [2.05, 4.69) is 5.32 Å². The summed E-state index contributed by atoms with van der Waals surface area (Å²) >= 11 is 0.